The number of nitrogens with zero attached hydrogens (tertiary/aromatic N) is 1. The average molecular weight is 429 g/mol. The molecule has 1 aliphatic carbocycles. The molecule has 0 fully saturated rings. The lowest BCUT2D eigenvalue weighted by Crippen LogP contribution is -2.36. The average Bonchev–Trinajstić information content (AvgIpc) is 3.14. The monoisotopic (exact) mass is 429 g/mol. The zero-order chi connectivity index (χ0) is 22.7. The molecule has 7 nitrogen and oxygen atoms in total. The molecule has 0 saturated carbocycles. The molecule has 5 N–H and O–H groups in total. The van der Waals surface area contributed by atoms with Gasteiger partial charge in [-0.25, -0.2) is 4.79 Å². The van der Waals surface area contributed by atoms with Gasteiger partial charge in [-0.3, -0.25) is 0 Å². The summed E-state index contributed by atoms with van der Waals surface area (Å²) in [5.41, 5.74) is 10.9. The summed E-state index contributed by atoms with van der Waals surface area (Å²) in [7, 11) is 0. The fourth-order valence-corrected chi connectivity index (χ4v) is 4.08. The summed E-state index contributed by atoms with van der Waals surface area (Å²) in [6.07, 6.45) is -3.43. The highest BCUT2D eigenvalue weighted by molar-refractivity contribution is 5.79. The zero-order valence-electron chi connectivity index (χ0n) is 17.2. The molecule has 0 aliphatic heterocycles. The van der Waals surface area contributed by atoms with Crippen LogP contribution in [-0.4, -0.2) is 35.6 Å². The van der Waals surface area contributed by atoms with E-state index >= 15 is 0 Å². The molecule has 0 heterocycles. The van der Waals surface area contributed by atoms with E-state index in [1.165, 1.54) is 18.2 Å². The van der Waals surface area contributed by atoms with Crippen molar-refractivity contribution in [2.45, 2.75) is 18.1 Å². The maximum atomic E-state index is 12.3. The number of fused-ring (bicyclic) bond motifs is 3. The summed E-state index contributed by atoms with van der Waals surface area (Å²) in [6.45, 7) is -0.107. The second-order valence-electron chi connectivity index (χ2n) is 7.68. The van der Waals surface area contributed by atoms with Crippen molar-refractivity contribution in [3.05, 3.63) is 89.0 Å². The summed E-state index contributed by atoms with van der Waals surface area (Å²) in [4.78, 5) is 12.3. The third kappa shape index (κ3) is 4.14. The van der Waals surface area contributed by atoms with Crippen molar-refractivity contribution in [3.63, 3.8) is 0 Å². The molecule has 1 amide bonds. The van der Waals surface area contributed by atoms with E-state index in [0.29, 0.717) is 5.69 Å². The van der Waals surface area contributed by atoms with Gasteiger partial charge < -0.3 is 26.0 Å². The SMILES string of the molecule is N#Cc1ccc(N)cc1C(O)C(O)CNC(=O)OCC1c2ccccc2-c2ccccc21. The van der Waals surface area contributed by atoms with E-state index < -0.39 is 18.3 Å². The topological polar surface area (TPSA) is 129 Å². The standard InChI is InChI=1S/C25H23N3O4/c26-12-15-9-10-16(27)11-21(15)24(30)23(29)13-28-25(31)32-14-22-19-7-3-1-5-17(19)18-6-2-4-8-20(18)22/h1-11,22-24,29-30H,13-14,27H2,(H,28,31). The Kier molecular flexibility index (Phi) is 6.08. The molecule has 2 atom stereocenters. The van der Waals surface area contributed by atoms with E-state index in [9.17, 15) is 20.3 Å². The number of rotatable bonds is 6. The molecule has 4 rings (SSSR count). The maximum Gasteiger partial charge on any atom is 0.407 e. The zero-order valence-corrected chi connectivity index (χ0v) is 17.2. The number of hydrogen-bond donors (Lipinski definition) is 4. The summed E-state index contributed by atoms with van der Waals surface area (Å²) in [5, 5.41) is 32.4. The third-order valence-electron chi connectivity index (χ3n) is 5.68. The number of nitrogens with two attached hydrogens (primary N) is 1. The first-order valence-electron chi connectivity index (χ1n) is 10.2. The number of aliphatic hydroxyl groups excluding tert-OH is 2. The Morgan fingerprint density at radius 3 is 2.31 bits per heavy atom. The molecule has 162 valence electrons. The second-order valence-corrected chi connectivity index (χ2v) is 7.68. The number of ether oxygens (including phenoxy) is 1. The summed E-state index contributed by atoms with van der Waals surface area (Å²) < 4.78 is 5.42. The lowest BCUT2D eigenvalue weighted by atomic mass is 9.98. The van der Waals surface area contributed by atoms with Gasteiger partial charge in [-0.2, -0.15) is 5.26 Å². The van der Waals surface area contributed by atoms with Gasteiger partial charge in [-0.05, 0) is 40.5 Å². The fraction of sp³-hybridized carbons (Fsp3) is 0.200. The van der Waals surface area contributed by atoms with Crippen LogP contribution in [0.2, 0.25) is 0 Å². The number of anilines is 1. The molecule has 0 radical (unpaired) electrons. The van der Waals surface area contributed by atoms with Gasteiger partial charge in [0.1, 0.15) is 18.8 Å². The van der Waals surface area contributed by atoms with Crippen molar-refractivity contribution in [2.24, 2.45) is 0 Å². The molecule has 0 aromatic heterocycles. The number of nitrogen functional groups attached to an aromatic ring is 1. The Balaban J connectivity index is 1.36. The minimum atomic E-state index is -1.39. The van der Waals surface area contributed by atoms with Crippen LogP contribution in [0.25, 0.3) is 11.1 Å². The Morgan fingerprint density at radius 1 is 1.06 bits per heavy atom. The largest absolute Gasteiger partial charge is 0.449 e. The molecule has 7 heteroatoms. The number of nitrogens with one attached hydrogen (secondary N) is 1. The quantitative estimate of drug-likeness (QED) is 0.446. The van der Waals surface area contributed by atoms with Crippen molar-refractivity contribution in [2.75, 3.05) is 18.9 Å². The minimum absolute atomic E-state index is 0.0749. The van der Waals surface area contributed by atoms with Gasteiger partial charge >= 0.3 is 6.09 Å². The predicted octanol–water partition coefficient (Wildman–Crippen LogP) is 3.07. The van der Waals surface area contributed by atoms with Gasteiger partial charge in [0, 0.05) is 23.7 Å². The number of hydrogen-bond acceptors (Lipinski definition) is 6. The minimum Gasteiger partial charge on any atom is -0.449 e. The van der Waals surface area contributed by atoms with Crippen molar-refractivity contribution in [3.8, 4) is 17.2 Å². The molecule has 1 aliphatic rings. The van der Waals surface area contributed by atoms with Crippen LogP contribution in [-0.2, 0) is 4.74 Å². The van der Waals surface area contributed by atoms with E-state index in [4.69, 9.17) is 10.5 Å². The highest BCUT2D eigenvalue weighted by atomic mass is 16.5. The second kappa shape index (κ2) is 9.10. The van der Waals surface area contributed by atoms with Gasteiger partial charge in [-0.1, -0.05) is 48.5 Å². The number of aliphatic hydroxyl groups is 2. The summed E-state index contributed by atoms with van der Waals surface area (Å²) in [5.74, 6) is -0.0749. The molecule has 0 saturated heterocycles. The van der Waals surface area contributed by atoms with Crippen LogP contribution in [0.1, 0.15) is 34.3 Å². The lowest BCUT2D eigenvalue weighted by Gasteiger charge is -2.20. The van der Waals surface area contributed by atoms with E-state index in [1.807, 2.05) is 42.5 Å². The highest BCUT2D eigenvalue weighted by Gasteiger charge is 2.29. The van der Waals surface area contributed by atoms with Crippen LogP contribution in [0, 0.1) is 11.3 Å². The molecule has 3 aromatic carbocycles. The van der Waals surface area contributed by atoms with Crippen LogP contribution in [0.5, 0.6) is 0 Å². The van der Waals surface area contributed by atoms with Crippen molar-refractivity contribution in [1.82, 2.24) is 5.32 Å². The van der Waals surface area contributed by atoms with Crippen molar-refractivity contribution >= 4 is 11.8 Å². The summed E-state index contributed by atoms with van der Waals surface area (Å²) in [6, 6.07) is 22.4. The molecule has 32 heavy (non-hydrogen) atoms. The molecular formula is C25H23N3O4. The number of alkyl carbamates (subject to hydrolysis) is 1. The van der Waals surface area contributed by atoms with Gasteiger partial charge in [0.25, 0.3) is 0 Å². The number of nitriles is 1. The number of carbonyl (C=O) groups is 1. The first kappa shape index (κ1) is 21.4. The maximum absolute atomic E-state index is 12.3. The Hall–Kier alpha value is -3.86. The van der Waals surface area contributed by atoms with Crippen molar-refractivity contribution in [1.29, 1.82) is 5.26 Å². The summed E-state index contributed by atoms with van der Waals surface area (Å²) >= 11 is 0. The molecular weight excluding hydrogens is 406 g/mol. The third-order valence-corrected chi connectivity index (χ3v) is 5.68. The Labute approximate surface area is 185 Å². The Bertz CT molecular complexity index is 1140. The van der Waals surface area contributed by atoms with Gasteiger partial charge in [-0.15, -0.1) is 0 Å². The van der Waals surface area contributed by atoms with Gasteiger partial charge in [0.05, 0.1) is 11.6 Å². The number of carbonyl (C=O) groups excluding carboxylic acids is 1. The first-order valence-corrected chi connectivity index (χ1v) is 10.2. The van der Waals surface area contributed by atoms with Gasteiger partial charge in [0.2, 0.25) is 0 Å². The highest BCUT2D eigenvalue weighted by Crippen LogP contribution is 2.44. The number of benzene rings is 3. The van der Waals surface area contributed by atoms with E-state index in [2.05, 4.69) is 17.4 Å². The Morgan fingerprint density at radius 2 is 1.69 bits per heavy atom. The van der Waals surface area contributed by atoms with Crippen LogP contribution >= 0.6 is 0 Å². The normalized spacial score (nSPS) is 14.0. The van der Waals surface area contributed by atoms with Crippen LogP contribution in [0.15, 0.2) is 66.7 Å². The molecule has 0 bridgehead atoms. The molecule has 2 unspecified atom stereocenters. The smallest absolute Gasteiger partial charge is 0.407 e. The van der Waals surface area contributed by atoms with E-state index in [0.717, 1.165) is 22.3 Å². The molecule has 0 spiro atoms. The van der Waals surface area contributed by atoms with Crippen LogP contribution in [0.3, 0.4) is 0 Å². The van der Waals surface area contributed by atoms with Gasteiger partial charge in [0.15, 0.2) is 0 Å². The van der Waals surface area contributed by atoms with Crippen LogP contribution < -0.4 is 11.1 Å². The van der Waals surface area contributed by atoms with Crippen molar-refractivity contribution < 1.29 is 19.7 Å². The fourth-order valence-electron chi connectivity index (χ4n) is 4.08. The lowest BCUT2D eigenvalue weighted by molar-refractivity contribution is 0.0184. The molecule has 3 aromatic rings. The predicted molar refractivity (Wildman–Crippen MR) is 120 cm³/mol. The number of amides is 1. The van der Waals surface area contributed by atoms with Crippen LogP contribution in [0.4, 0.5) is 10.5 Å². The van der Waals surface area contributed by atoms with E-state index in [1.54, 1.807) is 0 Å². The first-order chi connectivity index (χ1) is 15.5. The van der Waals surface area contributed by atoms with E-state index in [-0.39, 0.29) is 30.2 Å².